The molecule has 2 aromatic rings. The predicted octanol–water partition coefficient (Wildman–Crippen LogP) is 3.73. The summed E-state index contributed by atoms with van der Waals surface area (Å²) >= 11 is 8.67. The van der Waals surface area contributed by atoms with Crippen LogP contribution in [0.25, 0.3) is 0 Å². The molecule has 0 saturated carbocycles. The zero-order chi connectivity index (χ0) is 20.8. The van der Waals surface area contributed by atoms with Gasteiger partial charge in [-0.1, -0.05) is 22.9 Å². The zero-order valence-electron chi connectivity index (χ0n) is 16.6. The van der Waals surface area contributed by atoms with Gasteiger partial charge in [-0.3, -0.25) is 10.1 Å². The summed E-state index contributed by atoms with van der Waals surface area (Å²) in [6.07, 6.45) is 0. The van der Waals surface area contributed by atoms with Crippen LogP contribution in [-0.4, -0.2) is 55.8 Å². The second-order valence-corrected chi connectivity index (χ2v) is 8.04. The maximum atomic E-state index is 12.5. The number of methoxy groups -OCH3 is 1. The number of amides is 1. The van der Waals surface area contributed by atoms with Crippen molar-refractivity contribution in [1.82, 2.24) is 10.2 Å². The molecule has 3 rings (SSSR count). The lowest BCUT2D eigenvalue weighted by molar-refractivity contribution is 0.0974. The SMILES string of the molecule is CCN1CCN(c2ccc(NC(=S)NC(=O)c3cc(Br)ccc3OC)cc2)CC1. The molecule has 0 spiro atoms. The molecule has 1 fully saturated rings. The molecule has 2 aromatic carbocycles. The lowest BCUT2D eigenvalue weighted by Crippen LogP contribution is -2.46. The lowest BCUT2D eigenvalue weighted by Gasteiger charge is -2.35. The van der Waals surface area contributed by atoms with Crippen LogP contribution in [0.3, 0.4) is 0 Å². The van der Waals surface area contributed by atoms with E-state index in [-0.39, 0.29) is 11.0 Å². The summed E-state index contributed by atoms with van der Waals surface area (Å²) < 4.78 is 6.04. The van der Waals surface area contributed by atoms with Crippen molar-refractivity contribution in [3.05, 3.63) is 52.5 Å². The minimum absolute atomic E-state index is 0.237. The summed E-state index contributed by atoms with van der Waals surface area (Å²) in [6, 6.07) is 13.3. The van der Waals surface area contributed by atoms with Crippen LogP contribution in [0.1, 0.15) is 17.3 Å². The molecule has 8 heteroatoms. The molecule has 6 nitrogen and oxygen atoms in total. The number of carbonyl (C=O) groups is 1. The van der Waals surface area contributed by atoms with Gasteiger partial charge in [-0.25, -0.2) is 0 Å². The Morgan fingerprint density at radius 2 is 1.83 bits per heavy atom. The van der Waals surface area contributed by atoms with Crippen molar-refractivity contribution in [1.29, 1.82) is 0 Å². The van der Waals surface area contributed by atoms with E-state index in [1.807, 2.05) is 18.2 Å². The van der Waals surface area contributed by atoms with Crippen LogP contribution in [0.2, 0.25) is 0 Å². The molecule has 0 aliphatic carbocycles. The van der Waals surface area contributed by atoms with Gasteiger partial charge in [0.1, 0.15) is 5.75 Å². The standard InChI is InChI=1S/C21H25BrN4O2S/c1-3-25-10-12-26(13-11-25)17-7-5-16(6-8-17)23-21(29)24-20(27)18-14-15(22)4-9-19(18)28-2/h4-9,14H,3,10-13H2,1-2H3,(H2,23,24,27,29). The first kappa shape index (κ1) is 21.5. The second-order valence-electron chi connectivity index (χ2n) is 6.72. The fourth-order valence-corrected chi connectivity index (χ4v) is 3.84. The van der Waals surface area contributed by atoms with Crippen LogP contribution < -0.4 is 20.3 Å². The largest absolute Gasteiger partial charge is 0.496 e. The minimum atomic E-state index is -0.328. The highest BCUT2D eigenvalue weighted by molar-refractivity contribution is 9.10. The lowest BCUT2D eigenvalue weighted by atomic mass is 10.2. The number of hydrogen-bond acceptors (Lipinski definition) is 5. The van der Waals surface area contributed by atoms with Crippen molar-refractivity contribution in [3.63, 3.8) is 0 Å². The van der Waals surface area contributed by atoms with E-state index < -0.39 is 0 Å². The Labute approximate surface area is 185 Å². The van der Waals surface area contributed by atoms with Crippen molar-refractivity contribution >= 4 is 50.5 Å². The molecule has 1 amide bonds. The van der Waals surface area contributed by atoms with Gasteiger partial charge in [0, 0.05) is 42.0 Å². The summed E-state index contributed by atoms with van der Waals surface area (Å²) in [6.45, 7) is 7.54. The van der Waals surface area contributed by atoms with Crippen LogP contribution in [0, 0.1) is 0 Å². The first-order valence-electron chi connectivity index (χ1n) is 9.53. The molecule has 1 aliphatic heterocycles. The van der Waals surface area contributed by atoms with Gasteiger partial charge in [0.05, 0.1) is 12.7 Å². The highest BCUT2D eigenvalue weighted by atomic mass is 79.9. The number of nitrogens with one attached hydrogen (secondary N) is 2. The third-order valence-corrected chi connectivity index (χ3v) is 5.64. The number of hydrogen-bond donors (Lipinski definition) is 2. The normalized spacial score (nSPS) is 14.4. The van der Waals surface area contributed by atoms with E-state index in [1.54, 1.807) is 12.1 Å². The van der Waals surface area contributed by atoms with E-state index in [1.165, 1.54) is 12.8 Å². The van der Waals surface area contributed by atoms with Gasteiger partial charge in [-0.2, -0.15) is 0 Å². The van der Waals surface area contributed by atoms with E-state index in [9.17, 15) is 4.79 Å². The molecule has 0 radical (unpaired) electrons. The summed E-state index contributed by atoms with van der Waals surface area (Å²) in [5.41, 5.74) is 2.43. The highest BCUT2D eigenvalue weighted by Gasteiger charge is 2.16. The van der Waals surface area contributed by atoms with Crippen molar-refractivity contribution < 1.29 is 9.53 Å². The van der Waals surface area contributed by atoms with E-state index in [4.69, 9.17) is 17.0 Å². The van der Waals surface area contributed by atoms with Crippen molar-refractivity contribution in [2.24, 2.45) is 0 Å². The minimum Gasteiger partial charge on any atom is -0.496 e. The van der Waals surface area contributed by atoms with Crippen LogP contribution in [0.15, 0.2) is 46.9 Å². The first-order chi connectivity index (χ1) is 14.0. The molecule has 0 atom stereocenters. The molecule has 29 heavy (non-hydrogen) atoms. The Morgan fingerprint density at radius 3 is 2.45 bits per heavy atom. The molecule has 2 N–H and O–H groups in total. The average Bonchev–Trinajstić information content (AvgIpc) is 2.74. The van der Waals surface area contributed by atoms with E-state index in [0.717, 1.165) is 42.9 Å². The Kier molecular flexibility index (Phi) is 7.46. The fraction of sp³-hybridized carbons (Fsp3) is 0.333. The number of nitrogens with zero attached hydrogens (tertiary/aromatic N) is 2. The third kappa shape index (κ3) is 5.68. The Bertz CT molecular complexity index is 867. The van der Waals surface area contributed by atoms with Gasteiger partial charge < -0.3 is 19.9 Å². The number of benzene rings is 2. The van der Waals surface area contributed by atoms with E-state index >= 15 is 0 Å². The van der Waals surface area contributed by atoms with Crippen LogP contribution in [0.5, 0.6) is 5.75 Å². The van der Waals surface area contributed by atoms with Crippen molar-refractivity contribution in [2.75, 3.05) is 50.1 Å². The number of piperazine rings is 1. The number of halogens is 1. The van der Waals surface area contributed by atoms with Gasteiger partial charge >= 0.3 is 0 Å². The summed E-state index contributed by atoms with van der Waals surface area (Å²) in [4.78, 5) is 17.4. The number of likely N-dealkylation sites (N-methyl/N-ethyl adjacent to an activating group) is 1. The molecular formula is C21H25BrN4O2S. The monoisotopic (exact) mass is 476 g/mol. The molecular weight excluding hydrogens is 452 g/mol. The fourth-order valence-electron chi connectivity index (χ4n) is 3.27. The molecule has 154 valence electrons. The quantitative estimate of drug-likeness (QED) is 0.641. The molecule has 1 saturated heterocycles. The van der Waals surface area contributed by atoms with Crippen LogP contribution >= 0.6 is 28.1 Å². The summed E-state index contributed by atoms with van der Waals surface area (Å²) in [5.74, 6) is 0.159. The highest BCUT2D eigenvalue weighted by Crippen LogP contribution is 2.23. The van der Waals surface area contributed by atoms with Gasteiger partial charge in [0.15, 0.2) is 5.11 Å². The summed E-state index contributed by atoms with van der Waals surface area (Å²) in [5, 5.41) is 6.00. The summed E-state index contributed by atoms with van der Waals surface area (Å²) in [7, 11) is 1.53. The molecule has 0 aromatic heterocycles. The average molecular weight is 477 g/mol. The van der Waals surface area contributed by atoms with Crippen molar-refractivity contribution in [3.8, 4) is 5.75 Å². The molecule has 0 bridgehead atoms. The van der Waals surface area contributed by atoms with Gasteiger partial charge in [-0.05, 0) is 61.2 Å². The maximum absolute atomic E-state index is 12.5. The number of rotatable bonds is 5. The Hall–Kier alpha value is -2.16. The molecule has 0 unspecified atom stereocenters. The first-order valence-corrected chi connectivity index (χ1v) is 10.7. The van der Waals surface area contributed by atoms with Gasteiger partial charge in [-0.15, -0.1) is 0 Å². The van der Waals surface area contributed by atoms with Crippen LogP contribution in [-0.2, 0) is 0 Å². The third-order valence-electron chi connectivity index (χ3n) is 4.94. The van der Waals surface area contributed by atoms with Crippen LogP contribution in [0.4, 0.5) is 11.4 Å². The van der Waals surface area contributed by atoms with Crippen molar-refractivity contribution in [2.45, 2.75) is 6.92 Å². The Balaban J connectivity index is 1.57. The van der Waals surface area contributed by atoms with E-state index in [2.05, 4.69) is 55.4 Å². The number of ether oxygens (including phenoxy) is 1. The van der Waals surface area contributed by atoms with E-state index in [0.29, 0.717) is 11.3 Å². The molecule has 1 aliphatic rings. The maximum Gasteiger partial charge on any atom is 0.261 e. The second kappa shape index (κ2) is 10.0. The molecule has 1 heterocycles. The van der Waals surface area contributed by atoms with Gasteiger partial charge in [0.25, 0.3) is 5.91 Å². The zero-order valence-corrected chi connectivity index (χ0v) is 19.0. The number of carbonyl (C=O) groups excluding carboxylic acids is 1. The topological polar surface area (TPSA) is 56.8 Å². The van der Waals surface area contributed by atoms with Gasteiger partial charge in [0.2, 0.25) is 0 Å². The predicted molar refractivity (Wildman–Crippen MR) is 125 cm³/mol. The number of anilines is 2. The number of thiocarbonyl (C=S) groups is 1. The Morgan fingerprint density at radius 1 is 1.14 bits per heavy atom. The smallest absolute Gasteiger partial charge is 0.261 e.